The Balaban J connectivity index is 1.84. The molecule has 168 valence electrons. The summed E-state index contributed by atoms with van der Waals surface area (Å²) in [7, 11) is 0. The molecule has 1 N–H and O–H groups in total. The molecule has 2 saturated carbocycles. The van der Waals surface area contributed by atoms with Crippen LogP contribution in [0.1, 0.15) is 98.3 Å². The van der Waals surface area contributed by atoms with Crippen molar-refractivity contribution in [3.63, 3.8) is 0 Å². The highest BCUT2D eigenvalue weighted by Gasteiger charge is 2.41. The van der Waals surface area contributed by atoms with Gasteiger partial charge in [0, 0.05) is 0 Å². The second-order valence-corrected chi connectivity index (χ2v) is 10.2. The number of unbranched alkanes of at least 4 members (excludes halogenated alkanes) is 4. The predicted octanol–water partition coefficient (Wildman–Crippen LogP) is 6.33. The molecule has 0 aliphatic heterocycles. The van der Waals surface area contributed by atoms with Crippen molar-refractivity contribution < 1.29 is 19.4 Å². The first-order valence-corrected chi connectivity index (χ1v) is 12.2. The average molecular weight is 409 g/mol. The molecule has 7 unspecified atom stereocenters. The van der Waals surface area contributed by atoms with Gasteiger partial charge in [0.25, 0.3) is 0 Å². The molecule has 2 rings (SSSR count). The Labute approximate surface area is 178 Å². The minimum absolute atomic E-state index is 0.0466. The monoisotopic (exact) mass is 408 g/mol. The second-order valence-electron chi connectivity index (χ2n) is 10.2. The average Bonchev–Trinajstić information content (AvgIpc) is 2.67. The maximum absolute atomic E-state index is 12.7. The van der Waals surface area contributed by atoms with Gasteiger partial charge in [-0.3, -0.25) is 9.59 Å². The van der Waals surface area contributed by atoms with Gasteiger partial charge in [-0.2, -0.15) is 0 Å². The summed E-state index contributed by atoms with van der Waals surface area (Å²) in [4.78, 5) is 24.4. The molecular weight excluding hydrogens is 364 g/mol. The van der Waals surface area contributed by atoms with Gasteiger partial charge in [0.2, 0.25) is 0 Å². The Bertz CT molecular complexity index is 517. The van der Waals surface area contributed by atoms with Crippen molar-refractivity contribution >= 4 is 11.9 Å². The Morgan fingerprint density at radius 2 is 1.59 bits per heavy atom. The summed E-state index contributed by atoms with van der Waals surface area (Å²) in [5, 5.41) is 9.58. The van der Waals surface area contributed by atoms with Crippen molar-refractivity contribution in [2.45, 2.75) is 98.3 Å². The van der Waals surface area contributed by atoms with Crippen LogP contribution in [0, 0.1) is 41.4 Å². The van der Waals surface area contributed by atoms with E-state index in [9.17, 15) is 14.7 Å². The number of esters is 1. The lowest BCUT2D eigenvalue weighted by Crippen LogP contribution is -2.39. The first-order valence-electron chi connectivity index (χ1n) is 12.2. The molecule has 0 aromatic heterocycles. The van der Waals surface area contributed by atoms with Crippen LogP contribution in [0.2, 0.25) is 0 Å². The third kappa shape index (κ3) is 7.00. The fourth-order valence-corrected chi connectivity index (χ4v) is 5.86. The lowest BCUT2D eigenvalue weighted by Gasteiger charge is -2.39. The molecule has 2 fully saturated rings. The number of hydrogen-bond acceptors (Lipinski definition) is 3. The molecule has 0 radical (unpaired) electrons. The van der Waals surface area contributed by atoms with Gasteiger partial charge >= 0.3 is 11.9 Å². The third-order valence-corrected chi connectivity index (χ3v) is 7.89. The van der Waals surface area contributed by atoms with Crippen LogP contribution in [0.25, 0.3) is 0 Å². The molecule has 29 heavy (non-hydrogen) atoms. The molecule has 0 heterocycles. The van der Waals surface area contributed by atoms with Crippen molar-refractivity contribution in [3.05, 3.63) is 0 Å². The van der Waals surface area contributed by atoms with Crippen LogP contribution in [0.3, 0.4) is 0 Å². The number of carboxylic acid groups (broad SMARTS) is 1. The number of ether oxygens (including phenoxy) is 1. The van der Waals surface area contributed by atoms with E-state index in [1.54, 1.807) is 0 Å². The fraction of sp³-hybridized carbons (Fsp3) is 0.920. The maximum Gasteiger partial charge on any atom is 0.309 e. The molecule has 4 heteroatoms. The first kappa shape index (κ1) is 24.2. The Hall–Kier alpha value is -1.06. The smallest absolute Gasteiger partial charge is 0.309 e. The maximum atomic E-state index is 12.7. The molecular formula is C25H44O4. The second kappa shape index (κ2) is 12.0. The van der Waals surface area contributed by atoms with Gasteiger partial charge in [-0.1, -0.05) is 72.6 Å². The van der Waals surface area contributed by atoms with Crippen LogP contribution in [0.5, 0.6) is 0 Å². The molecule has 4 nitrogen and oxygen atoms in total. The largest absolute Gasteiger partial charge is 0.481 e. The Morgan fingerprint density at radius 1 is 0.897 bits per heavy atom. The van der Waals surface area contributed by atoms with Gasteiger partial charge in [0.05, 0.1) is 18.4 Å². The van der Waals surface area contributed by atoms with E-state index in [1.165, 1.54) is 44.9 Å². The van der Waals surface area contributed by atoms with Crippen LogP contribution in [0.4, 0.5) is 0 Å². The van der Waals surface area contributed by atoms with E-state index >= 15 is 0 Å². The number of rotatable bonds is 10. The minimum atomic E-state index is -0.845. The summed E-state index contributed by atoms with van der Waals surface area (Å²) < 4.78 is 5.76. The Kier molecular flexibility index (Phi) is 9.98. The zero-order valence-electron chi connectivity index (χ0n) is 19.2. The van der Waals surface area contributed by atoms with Gasteiger partial charge in [0.15, 0.2) is 0 Å². The van der Waals surface area contributed by atoms with Gasteiger partial charge in [-0.15, -0.1) is 0 Å². The SMILES string of the molecule is CCCCCCCC1CC(COC(=O)C2CCCC(C)C2C(=O)O)C(C)CC1C. The highest BCUT2D eigenvalue weighted by atomic mass is 16.5. The van der Waals surface area contributed by atoms with E-state index in [0.29, 0.717) is 24.9 Å². The number of hydrogen-bond donors (Lipinski definition) is 1. The van der Waals surface area contributed by atoms with E-state index in [1.807, 2.05) is 6.92 Å². The van der Waals surface area contributed by atoms with E-state index in [0.717, 1.165) is 31.1 Å². The number of aliphatic carboxylic acids is 1. The normalized spacial score (nSPS) is 35.2. The van der Waals surface area contributed by atoms with Crippen molar-refractivity contribution in [3.8, 4) is 0 Å². The lowest BCUT2D eigenvalue weighted by molar-refractivity contribution is -0.163. The van der Waals surface area contributed by atoms with Crippen LogP contribution < -0.4 is 0 Å². The molecule has 7 atom stereocenters. The van der Waals surface area contributed by atoms with Gasteiger partial charge < -0.3 is 9.84 Å². The molecule has 0 aromatic carbocycles. The number of carbonyl (C=O) groups is 2. The summed E-state index contributed by atoms with van der Waals surface area (Å²) in [6.07, 6.45) is 12.7. The van der Waals surface area contributed by atoms with Gasteiger partial charge in [-0.05, 0) is 55.3 Å². The highest BCUT2D eigenvalue weighted by Crippen LogP contribution is 2.41. The topological polar surface area (TPSA) is 63.6 Å². The number of carboxylic acids is 1. The standard InChI is InChI=1S/C25H44O4/c1-5-6-7-8-9-12-20-15-21(19(4)14-18(20)3)16-29-25(28)22-13-10-11-17(2)23(22)24(26)27/h17-23H,5-16H2,1-4H3,(H,26,27). The Morgan fingerprint density at radius 3 is 2.28 bits per heavy atom. The number of carbonyl (C=O) groups excluding carboxylic acids is 1. The van der Waals surface area contributed by atoms with E-state index in [-0.39, 0.29) is 11.9 Å². The van der Waals surface area contributed by atoms with Crippen molar-refractivity contribution in [2.75, 3.05) is 6.61 Å². The van der Waals surface area contributed by atoms with Crippen LogP contribution in [-0.4, -0.2) is 23.7 Å². The van der Waals surface area contributed by atoms with Crippen LogP contribution in [0.15, 0.2) is 0 Å². The molecule has 2 aliphatic carbocycles. The zero-order valence-corrected chi connectivity index (χ0v) is 19.2. The van der Waals surface area contributed by atoms with Crippen LogP contribution >= 0.6 is 0 Å². The lowest BCUT2D eigenvalue weighted by atomic mass is 9.68. The highest BCUT2D eigenvalue weighted by molar-refractivity contribution is 5.81. The molecule has 0 saturated heterocycles. The van der Waals surface area contributed by atoms with E-state index in [4.69, 9.17) is 4.74 Å². The minimum Gasteiger partial charge on any atom is -0.481 e. The fourth-order valence-electron chi connectivity index (χ4n) is 5.86. The predicted molar refractivity (Wildman–Crippen MR) is 117 cm³/mol. The van der Waals surface area contributed by atoms with Crippen molar-refractivity contribution in [2.24, 2.45) is 41.4 Å². The van der Waals surface area contributed by atoms with E-state index in [2.05, 4.69) is 20.8 Å². The summed E-state index contributed by atoms with van der Waals surface area (Å²) in [5.41, 5.74) is 0. The quantitative estimate of drug-likeness (QED) is 0.339. The summed E-state index contributed by atoms with van der Waals surface area (Å²) in [6.45, 7) is 9.35. The van der Waals surface area contributed by atoms with Crippen molar-refractivity contribution in [1.29, 1.82) is 0 Å². The first-order chi connectivity index (χ1) is 13.8. The third-order valence-electron chi connectivity index (χ3n) is 7.89. The summed E-state index contributed by atoms with van der Waals surface area (Å²) >= 11 is 0. The van der Waals surface area contributed by atoms with E-state index < -0.39 is 17.8 Å². The zero-order chi connectivity index (χ0) is 21.4. The molecule has 0 spiro atoms. The summed E-state index contributed by atoms with van der Waals surface area (Å²) in [6, 6.07) is 0. The molecule has 0 aromatic rings. The van der Waals surface area contributed by atoms with Gasteiger partial charge in [0.1, 0.15) is 0 Å². The molecule has 2 aliphatic rings. The van der Waals surface area contributed by atoms with Crippen molar-refractivity contribution in [1.82, 2.24) is 0 Å². The summed E-state index contributed by atoms with van der Waals surface area (Å²) in [5.74, 6) is 0.337. The van der Waals surface area contributed by atoms with Gasteiger partial charge in [-0.25, -0.2) is 0 Å². The van der Waals surface area contributed by atoms with Crippen LogP contribution in [-0.2, 0) is 14.3 Å². The molecule has 0 bridgehead atoms. The molecule has 0 amide bonds.